The lowest BCUT2D eigenvalue weighted by atomic mass is 10.1. The van der Waals surface area contributed by atoms with Crippen molar-refractivity contribution in [3.05, 3.63) is 16.7 Å². The molecule has 8 heteroatoms. The van der Waals surface area contributed by atoms with E-state index in [4.69, 9.17) is 0 Å². The molecule has 0 aromatic carbocycles. The van der Waals surface area contributed by atoms with E-state index < -0.39 is 0 Å². The SMILES string of the molecule is CC(C)Cc1nnc(NC(=O)c2n[nH]c(C3CC3)n2)s1. The Hall–Kier alpha value is -1.83. The van der Waals surface area contributed by atoms with E-state index >= 15 is 0 Å². The Labute approximate surface area is 120 Å². The number of carbonyl (C=O) groups is 1. The summed E-state index contributed by atoms with van der Waals surface area (Å²) >= 11 is 1.39. The Balaban J connectivity index is 1.63. The maximum atomic E-state index is 12.0. The molecule has 0 aliphatic heterocycles. The van der Waals surface area contributed by atoms with E-state index in [1.54, 1.807) is 0 Å². The average Bonchev–Trinajstić information content (AvgIpc) is 2.96. The van der Waals surface area contributed by atoms with Gasteiger partial charge in [-0.2, -0.15) is 0 Å². The van der Waals surface area contributed by atoms with Crippen LogP contribution in [-0.4, -0.2) is 31.3 Å². The van der Waals surface area contributed by atoms with Crippen LogP contribution >= 0.6 is 11.3 Å². The molecule has 0 saturated heterocycles. The standard InChI is InChI=1S/C12H16N6OS/c1-6(2)5-8-15-18-12(20-8)14-11(19)10-13-9(16-17-10)7-3-4-7/h6-7H,3-5H2,1-2H3,(H,13,16,17)(H,14,18,19). The fourth-order valence-corrected chi connectivity index (χ4v) is 2.75. The van der Waals surface area contributed by atoms with Gasteiger partial charge in [-0.15, -0.1) is 15.3 Å². The number of aromatic amines is 1. The van der Waals surface area contributed by atoms with Crippen molar-refractivity contribution in [2.75, 3.05) is 5.32 Å². The molecule has 2 N–H and O–H groups in total. The summed E-state index contributed by atoms with van der Waals surface area (Å²) in [6, 6.07) is 0. The lowest BCUT2D eigenvalue weighted by molar-refractivity contribution is 0.101. The van der Waals surface area contributed by atoms with Crippen molar-refractivity contribution in [3.8, 4) is 0 Å². The van der Waals surface area contributed by atoms with Crippen molar-refractivity contribution < 1.29 is 4.79 Å². The van der Waals surface area contributed by atoms with E-state index in [1.807, 2.05) is 0 Å². The Morgan fingerprint density at radius 3 is 2.95 bits per heavy atom. The predicted molar refractivity (Wildman–Crippen MR) is 74.8 cm³/mol. The minimum absolute atomic E-state index is 0.160. The van der Waals surface area contributed by atoms with Gasteiger partial charge in [0.1, 0.15) is 10.8 Å². The van der Waals surface area contributed by atoms with Crippen LogP contribution in [0.25, 0.3) is 0 Å². The number of rotatable bonds is 5. The minimum atomic E-state index is -0.347. The third kappa shape index (κ3) is 3.01. The van der Waals surface area contributed by atoms with E-state index in [0.717, 1.165) is 30.1 Å². The lowest BCUT2D eigenvalue weighted by Gasteiger charge is -1.97. The average molecular weight is 292 g/mol. The van der Waals surface area contributed by atoms with Gasteiger partial charge in [0.2, 0.25) is 11.0 Å². The molecule has 2 aromatic heterocycles. The second kappa shape index (κ2) is 5.28. The van der Waals surface area contributed by atoms with Crippen molar-refractivity contribution in [2.45, 2.75) is 39.0 Å². The zero-order valence-electron chi connectivity index (χ0n) is 11.4. The molecule has 0 unspecified atom stereocenters. The van der Waals surface area contributed by atoms with Crippen LogP contribution in [0.1, 0.15) is 54.1 Å². The molecule has 0 radical (unpaired) electrons. The highest BCUT2D eigenvalue weighted by Gasteiger charge is 2.28. The summed E-state index contributed by atoms with van der Waals surface area (Å²) in [5.74, 6) is 1.57. The fourth-order valence-electron chi connectivity index (χ4n) is 1.80. The number of amides is 1. The van der Waals surface area contributed by atoms with Crippen LogP contribution in [0, 0.1) is 5.92 Å². The molecule has 1 fully saturated rings. The zero-order valence-corrected chi connectivity index (χ0v) is 12.2. The third-order valence-corrected chi connectivity index (χ3v) is 3.80. The Morgan fingerprint density at radius 1 is 1.45 bits per heavy atom. The first-order chi connectivity index (χ1) is 9.61. The van der Waals surface area contributed by atoms with Crippen molar-refractivity contribution in [1.82, 2.24) is 25.4 Å². The molecule has 0 spiro atoms. The van der Waals surface area contributed by atoms with Gasteiger partial charge in [0.25, 0.3) is 5.91 Å². The van der Waals surface area contributed by atoms with E-state index in [9.17, 15) is 4.79 Å². The van der Waals surface area contributed by atoms with Crippen molar-refractivity contribution >= 4 is 22.4 Å². The van der Waals surface area contributed by atoms with Gasteiger partial charge in [-0.3, -0.25) is 15.2 Å². The number of nitrogens with zero attached hydrogens (tertiary/aromatic N) is 4. The third-order valence-electron chi connectivity index (χ3n) is 2.94. The number of anilines is 1. The molecule has 1 saturated carbocycles. The summed E-state index contributed by atoms with van der Waals surface area (Å²) in [6.07, 6.45) is 3.09. The molecule has 1 amide bonds. The Morgan fingerprint density at radius 2 is 2.25 bits per heavy atom. The molecular weight excluding hydrogens is 276 g/mol. The van der Waals surface area contributed by atoms with Gasteiger partial charge < -0.3 is 0 Å². The van der Waals surface area contributed by atoms with Crippen LogP contribution in [0.3, 0.4) is 0 Å². The Kier molecular flexibility index (Phi) is 3.47. The number of aromatic nitrogens is 5. The smallest absolute Gasteiger partial charge is 0.294 e. The molecule has 3 rings (SSSR count). The van der Waals surface area contributed by atoms with Gasteiger partial charge in [-0.25, -0.2) is 4.98 Å². The minimum Gasteiger partial charge on any atom is -0.294 e. The van der Waals surface area contributed by atoms with Gasteiger partial charge >= 0.3 is 0 Å². The van der Waals surface area contributed by atoms with Gasteiger partial charge in [0, 0.05) is 12.3 Å². The number of nitrogens with one attached hydrogen (secondary N) is 2. The molecule has 7 nitrogen and oxygen atoms in total. The molecule has 20 heavy (non-hydrogen) atoms. The van der Waals surface area contributed by atoms with Crippen molar-refractivity contribution in [2.24, 2.45) is 5.92 Å². The van der Waals surface area contributed by atoms with Crippen LogP contribution in [0.4, 0.5) is 5.13 Å². The van der Waals surface area contributed by atoms with Crippen LogP contribution in [0.2, 0.25) is 0 Å². The largest absolute Gasteiger partial charge is 0.297 e. The van der Waals surface area contributed by atoms with Gasteiger partial charge in [-0.1, -0.05) is 25.2 Å². The van der Waals surface area contributed by atoms with Gasteiger partial charge in [-0.05, 0) is 18.8 Å². The van der Waals surface area contributed by atoms with Crippen LogP contribution in [0.5, 0.6) is 0 Å². The fraction of sp³-hybridized carbons (Fsp3) is 0.583. The topological polar surface area (TPSA) is 96.5 Å². The van der Waals surface area contributed by atoms with Gasteiger partial charge in [0.05, 0.1) is 0 Å². The van der Waals surface area contributed by atoms with E-state index in [-0.39, 0.29) is 11.7 Å². The molecule has 2 heterocycles. The normalized spacial score (nSPS) is 14.8. The molecule has 2 aromatic rings. The highest BCUT2D eigenvalue weighted by atomic mass is 32.1. The maximum Gasteiger partial charge on any atom is 0.297 e. The number of hydrogen-bond donors (Lipinski definition) is 2. The number of carbonyl (C=O) groups excluding carboxylic acids is 1. The van der Waals surface area contributed by atoms with Crippen LogP contribution in [0.15, 0.2) is 0 Å². The van der Waals surface area contributed by atoms with Crippen molar-refractivity contribution in [1.29, 1.82) is 0 Å². The Bertz CT molecular complexity index is 615. The molecule has 1 aliphatic rings. The second-order valence-corrected chi connectivity index (χ2v) is 6.43. The zero-order chi connectivity index (χ0) is 14.1. The first-order valence-corrected chi connectivity index (χ1v) is 7.49. The summed E-state index contributed by atoms with van der Waals surface area (Å²) in [5.41, 5.74) is 0. The van der Waals surface area contributed by atoms with Crippen LogP contribution in [-0.2, 0) is 6.42 Å². The second-order valence-electron chi connectivity index (χ2n) is 5.37. The summed E-state index contributed by atoms with van der Waals surface area (Å²) in [6.45, 7) is 4.24. The molecule has 1 aliphatic carbocycles. The molecule has 0 atom stereocenters. The predicted octanol–water partition coefficient (Wildman–Crippen LogP) is 1.98. The van der Waals surface area contributed by atoms with Crippen molar-refractivity contribution in [3.63, 3.8) is 0 Å². The lowest BCUT2D eigenvalue weighted by Crippen LogP contribution is -2.13. The van der Waals surface area contributed by atoms with Crippen LogP contribution < -0.4 is 5.32 Å². The monoisotopic (exact) mass is 292 g/mol. The van der Waals surface area contributed by atoms with E-state index in [2.05, 4.69) is 44.5 Å². The summed E-state index contributed by atoms with van der Waals surface area (Å²) in [4.78, 5) is 16.2. The molecule has 106 valence electrons. The first kappa shape index (κ1) is 13.2. The first-order valence-electron chi connectivity index (χ1n) is 6.68. The van der Waals surface area contributed by atoms with E-state index in [1.165, 1.54) is 11.3 Å². The molecule has 0 bridgehead atoms. The summed E-state index contributed by atoms with van der Waals surface area (Å²) in [5, 5.41) is 18.9. The number of hydrogen-bond acceptors (Lipinski definition) is 6. The molecular formula is C12H16N6OS. The maximum absolute atomic E-state index is 12.0. The highest BCUT2D eigenvalue weighted by Crippen LogP contribution is 2.37. The quantitative estimate of drug-likeness (QED) is 0.878. The van der Waals surface area contributed by atoms with E-state index in [0.29, 0.717) is 17.0 Å². The van der Waals surface area contributed by atoms with Gasteiger partial charge in [0.15, 0.2) is 0 Å². The summed E-state index contributed by atoms with van der Waals surface area (Å²) in [7, 11) is 0. The highest BCUT2D eigenvalue weighted by molar-refractivity contribution is 7.15. The number of H-pyrrole nitrogens is 1. The summed E-state index contributed by atoms with van der Waals surface area (Å²) < 4.78 is 0.